The Balaban J connectivity index is 1.40. The molecule has 3 aromatic carbocycles. The van der Waals surface area contributed by atoms with Crippen molar-refractivity contribution in [1.82, 2.24) is 10.2 Å². The van der Waals surface area contributed by atoms with E-state index in [1.165, 1.54) is 0 Å². The highest BCUT2D eigenvalue weighted by atomic mass is 16.5. The molecule has 1 aliphatic heterocycles. The molecule has 7 nitrogen and oxygen atoms in total. The van der Waals surface area contributed by atoms with Crippen LogP contribution in [0.1, 0.15) is 54.0 Å². The van der Waals surface area contributed by atoms with Crippen LogP contribution in [0.5, 0.6) is 5.75 Å². The average Bonchev–Trinajstić information content (AvgIpc) is 3.79. The number of nitrogens with one attached hydrogen (secondary N) is 2. The lowest BCUT2D eigenvalue weighted by atomic mass is 9.96. The average molecular weight is 512 g/mol. The monoisotopic (exact) mass is 511 g/mol. The lowest BCUT2D eigenvalue weighted by Gasteiger charge is -2.32. The van der Waals surface area contributed by atoms with Crippen molar-refractivity contribution in [3.63, 3.8) is 0 Å². The van der Waals surface area contributed by atoms with Crippen LogP contribution in [0.25, 0.3) is 0 Å². The van der Waals surface area contributed by atoms with Gasteiger partial charge in [0, 0.05) is 31.1 Å². The van der Waals surface area contributed by atoms with E-state index in [1.54, 1.807) is 12.0 Å². The van der Waals surface area contributed by atoms with E-state index in [1.807, 2.05) is 72.8 Å². The third-order valence-corrected chi connectivity index (χ3v) is 7.20. The first-order valence-electron chi connectivity index (χ1n) is 13.2. The van der Waals surface area contributed by atoms with Crippen LogP contribution in [-0.2, 0) is 33.8 Å². The number of nitrogens with zero attached hydrogens (tertiary/aromatic N) is 1. The molecule has 1 atom stereocenters. The van der Waals surface area contributed by atoms with Gasteiger partial charge in [0.05, 0.1) is 7.11 Å². The molecule has 38 heavy (non-hydrogen) atoms. The molecule has 0 radical (unpaired) electrons. The highest BCUT2D eigenvalue weighted by Gasteiger charge is 2.41. The molecular formula is C31H33N3O4. The van der Waals surface area contributed by atoms with Gasteiger partial charge in [0.2, 0.25) is 17.7 Å². The molecule has 0 spiro atoms. The Kier molecular flexibility index (Phi) is 7.73. The topological polar surface area (TPSA) is 87.7 Å². The fourth-order valence-electron chi connectivity index (χ4n) is 4.96. The van der Waals surface area contributed by atoms with E-state index in [4.69, 9.17) is 4.74 Å². The molecule has 1 aliphatic carbocycles. The third-order valence-electron chi connectivity index (χ3n) is 7.20. The second-order valence-electron chi connectivity index (χ2n) is 9.95. The fraction of sp³-hybridized carbons (Fsp3) is 0.323. The molecule has 1 unspecified atom stereocenters. The molecule has 0 bridgehead atoms. The number of anilines is 1. The number of aryl methyl sites for hydroxylation is 2. The van der Waals surface area contributed by atoms with E-state index >= 15 is 0 Å². The van der Waals surface area contributed by atoms with Gasteiger partial charge in [-0.15, -0.1) is 0 Å². The van der Waals surface area contributed by atoms with E-state index in [-0.39, 0.29) is 23.8 Å². The summed E-state index contributed by atoms with van der Waals surface area (Å²) in [7, 11) is 1.63. The summed E-state index contributed by atoms with van der Waals surface area (Å²) in [6.45, 7) is 0.371. The van der Waals surface area contributed by atoms with Gasteiger partial charge < -0.3 is 20.3 Å². The van der Waals surface area contributed by atoms with Gasteiger partial charge in [-0.3, -0.25) is 14.4 Å². The quantitative estimate of drug-likeness (QED) is 0.418. The van der Waals surface area contributed by atoms with Gasteiger partial charge >= 0.3 is 0 Å². The van der Waals surface area contributed by atoms with Crippen molar-refractivity contribution in [1.29, 1.82) is 0 Å². The van der Waals surface area contributed by atoms with Gasteiger partial charge in [-0.25, -0.2) is 0 Å². The van der Waals surface area contributed by atoms with Crippen LogP contribution < -0.4 is 15.4 Å². The summed E-state index contributed by atoms with van der Waals surface area (Å²) in [5.74, 6) is 0.467. The van der Waals surface area contributed by atoms with Crippen LogP contribution >= 0.6 is 0 Å². The third kappa shape index (κ3) is 6.05. The van der Waals surface area contributed by atoms with Crippen LogP contribution in [0, 0.1) is 0 Å². The minimum atomic E-state index is -0.779. The van der Waals surface area contributed by atoms with Gasteiger partial charge in [-0.1, -0.05) is 54.6 Å². The molecule has 0 saturated heterocycles. The fourth-order valence-corrected chi connectivity index (χ4v) is 4.96. The number of hydrogen-bond donors (Lipinski definition) is 2. The van der Waals surface area contributed by atoms with Crippen LogP contribution in [0.3, 0.4) is 0 Å². The summed E-state index contributed by atoms with van der Waals surface area (Å²) in [5, 5.41) is 5.99. The normalized spacial score (nSPS) is 15.1. The van der Waals surface area contributed by atoms with E-state index in [0.717, 1.165) is 41.0 Å². The Labute approximate surface area is 223 Å². The van der Waals surface area contributed by atoms with Crippen molar-refractivity contribution in [3.8, 4) is 5.75 Å². The summed E-state index contributed by atoms with van der Waals surface area (Å²) in [4.78, 5) is 41.3. The maximum absolute atomic E-state index is 13.8. The van der Waals surface area contributed by atoms with E-state index in [0.29, 0.717) is 37.8 Å². The standard InChI is InChI=1S/C31H33N3O4/c1-38-26-15-7-21(8-16-26)9-18-29(36)34(25-13-14-25)30(31(37)32-20-22-5-3-2-4-6-22)24-11-10-23-12-17-28(35)33-27(23)19-24/h2-8,10-11,15-16,19,25,30H,9,12-14,17-18,20H2,1H3,(H,32,37)(H,33,35). The van der Waals surface area contributed by atoms with Crippen LogP contribution in [0.2, 0.25) is 0 Å². The number of fused-ring (bicyclic) bond motifs is 1. The number of ether oxygens (including phenoxy) is 1. The van der Waals surface area contributed by atoms with Crippen LogP contribution in [0.15, 0.2) is 72.8 Å². The second-order valence-corrected chi connectivity index (χ2v) is 9.95. The molecule has 0 aromatic heterocycles. The van der Waals surface area contributed by atoms with E-state index in [9.17, 15) is 14.4 Å². The first-order chi connectivity index (χ1) is 18.5. The number of carbonyl (C=O) groups excluding carboxylic acids is 3. The lowest BCUT2D eigenvalue weighted by molar-refractivity contribution is -0.141. The molecule has 3 amide bonds. The Morgan fingerprint density at radius 3 is 2.47 bits per heavy atom. The molecular weight excluding hydrogens is 478 g/mol. The van der Waals surface area contributed by atoms with Gasteiger partial charge in [-0.2, -0.15) is 0 Å². The summed E-state index contributed by atoms with van der Waals surface area (Å²) in [6, 6.07) is 22.4. The number of rotatable bonds is 10. The number of benzene rings is 3. The first-order valence-corrected chi connectivity index (χ1v) is 13.2. The van der Waals surface area contributed by atoms with Crippen molar-refractivity contribution in [3.05, 3.63) is 95.1 Å². The Bertz CT molecular complexity index is 1300. The first kappa shape index (κ1) is 25.5. The summed E-state index contributed by atoms with van der Waals surface area (Å²) >= 11 is 0. The maximum atomic E-state index is 13.8. The van der Waals surface area contributed by atoms with Gasteiger partial charge in [-0.05, 0) is 66.1 Å². The highest BCUT2D eigenvalue weighted by molar-refractivity contribution is 5.95. The molecule has 2 N–H and O–H groups in total. The zero-order valence-corrected chi connectivity index (χ0v) is 21.6. The number of methoxy groups -OCH3 is 1. The molecule has 1 fully saturated rings. The molecule has 2 aliphatic rings. The van der Waals surface area contributed by atoms with Gasteiger partial charge in [0.15, 0.2) is 0 Å². The number of hydrogen-bond acceptors (Lipinski definition) is 4. The van der Waals surface area contributed by atoms with Gasteiger partial charge in [0.25, 0.3) is 0 Å². The molecule has 7 heteroatoms. The predicted octanol–water partition coefficient (Wildman–Crippen LogP) is 4.56. The highest BCUT2D eigenvalue weighted by Crippen LogP contribution is 2.37. The second kappa shape index (κ2) is 11.5. The molecule has 3 aromatic rings. The summed E-state index contributed by atoms with van der Waals surface area (Å²) < 4.78 is 5.23. The molecule has 5 rings (SSSR count). The Hall–Kier alpha value is -4.13. The van der Waals surface area contributed by atoms with Crippen molar-refractivity contribution in [2.24, 2.45) is 0 Å². The summed E-state index contributed by atoms with van der Waals surface area (Å²) in [6.07, 6.45) is 3.74. The number of carbonyl (C=O) groups is 3. The molecule has 1 heterocycles. The zero-order valence-electron chi connectivity index (χ0n) is 21.6. The Morgan fingerprint density at radius 2 is 1.76 bits per heavy atom. The minimum absolute atomic E-state index is 0.0245. The van der Waals surface area contributed by atoms with Crippen LogP contribution in [0.4, 0.5) is 5.69 Å². The van der Waals surface area contributed by atoms with Crippen molar-refractivity contribution in [2.75, 3.05) is 12.4 Å². The molecule has 196 valence electrons. The predicted molar refractivity (Wildman–Crippen MR) is 146 cm³/mol. The van der Waals surface area contributed by atoms with Crippen molar-refractivity contribution < 1.29 is 19.1 Å². The smallest absolute Gasteiger partial charge is 0.247 e. The van der Waals surface area contributed by atoms with Crippen molar-refractivity contribution >= 4 is 23.4 Å². The minimum Gasteiger partial charge on any atom is -0.497 e. The number of amides is 3. The van der Waals surface area contributed by atoms with E-state index in [2.05, 4.69) is 10.6 Å². The Morgan fingerprint density at radius 1 is 1.00 bits per heavy atom. The largest absolute Gasteiger partial charge is 0.497 e. The molecule has 1 saturated carbocycles. The SMILES string of the molecule is COc1ccc(CCC(=O)N(C2CC2)C(C(=O)NCc2ccccc2)c2ccc3c(c2)NC(=O)CC3)cc1. The van der Waals surface area contributed by atoms with Gasteiger partial charge in [0.1, 0.15) is 11.8 Å². The van der Waals surface area contributed by atoms with Crippen molar-refractivity contribution in [2.45, 2.75) is 57.2 Å². The zero-order chi connectivity index (χ0) is 26.5. The maximum Gasteiger partial charge on any atom is 0.247 e. The lowest BCUT2D eigenvalue weighted by Crippen LogP contribution is -2.45. The summed E-state index contributed by atoms with van der Waals surface area (Å²) in [5.41, 5.74) is 4.50. The van der Waals surface area contributed by atoms with Crippen LogP contribution in [-0.4, -0.2) is 35.8 Å². The van der Waals surface area contributed by atoms with E-state index < -0.39 is 6.04 Å².